The molecule has 2 aromatic rings. The van der Waals surface area contributed by atoms with Gasteiger partial charge in [0, 0.05) is 17.8 Å². The first-order valence-corrected chi connectivity index (χ1v) is 9.08. The van der Waals surface area contributed by atoms with Gasteiger partial charge in [-0.15, -0.1) is 0 Å². The molecule has 4 atom stereocenters. The summed E-state index contributed by atoms with van der Waals surface area (Å²) in [4.78, 5) is 12.6. The number of aryl methyl sites for hydroxylation is 1. The average Bonchev–Trinajstić information content (AvgIpc) is 2.61. The van der Waals surface area contributed by atoms with Gasteiger partial charge >= 0.3 is 0 Å². The summed E-state index contributed by atoms with van der Waals surface area (Å²) < 4.78 is 0. The average molecular weight is 335 g/mol. The number of para-hydroxylation sites is 1. The molecule has 4 nitrogen and oxygen atoms in total. The number of benzene rings is 2. The van der Waals surface area contributed by atoms with Crippen LogP contribution in [0.15, 0.2) is 54.6 Å². The Morgan fingerprint density at radius 1 is 1.08 bits per heavy atom. The minimum Gasteiger partial charge on any atom is -0.381 e. The Labute approximate surface area is 148 Å². The minimum atomic E-state index is -0.567. The van der Waals surface area contributed by atoms with Crippen LogP contribution in [0.1, 0.15) is 36.4 Å². The lowest BCUT2D eigenvalue weighted by Gasteiger charge is -2.55. The highest BCUT2D eigenvalue weighted by Gasteiger charge is 2.58. The third-order valence-electron chi connectivity index (χ3n) is 6.28. The van der Waals surface area contributed by atoms with Crippen LogP contribution in [0.25, 0.3) is 0 Å². The fourth-order valence-corrected chi connectivity index (χ4v) is 4.77. The topological polar surface area (TPSA) is 81.1 Å². The number of carbonyl (C=O) groups is 1. The van der Waals surface area contributed by atoms with E-state index in [2.05, 4.69) is 23.5 Å². The van der Waals surface area contributed by atoms with Crippen LogP contribution in [0.5, 0.6) is 0 Å². The van der Waals surface area contributed by atoms with Gasteiger partial charge in [0.1, 0.15) is 0 Å². The first-order chi connectivity index (χ1) is 12.1. The van der Waals surface area contributed by atoms with Crippen LogP contribution in [-0.2, 0) is 11.2 Å². The third-order valence-corrected chi connectivity index (χ3v) is 6.28. The number of anilines is 1. The summed E-state index contributed by atoms with van der Waals surface area (Å²) >= 11 is 0. The van der Waals surface area contributed by atoms with Crippen LogP contribution in [0.2, 0.25) is 0 Å². The number of nitrogens with one attached hydrogen (secondary N) is 1. The lowest BCUT2D eigenvalue weighted by molar-refractivity contribution is -0.142. The van der Waals surface area contributed by atoms with Gasteiger partial charge in [0.05, 0.1) is 5.41 Å². The van der Waals surface area contributed by atoms with Crippen LogP contribution in [0.4, 0.5) is 5.69 Å². The maximum atomic E-state index is 12.6. The van der Waals surface area contributed by atoms with Gasteiger partial charge in [-0.3, -0.25) is 4.79 Å². The van der Waals surface area contributed by atoms with Crippen molar-refractivity contribution >= 4 is 11.6 Å². The van der Waals surface area contributed by atoms with E-state index in [0.717, 1.165) is 36.9 Å². The largest absolute Gasteiger partial charge is 0.381 e. The van der Waals surface area contributed by atoms with Gasteiger partial charge in [0.25, 0.3) is 0 Å². The number of hydrogen-bond acceptors (Lipinski definition) is 3. The van der Waals surface area contributed by atoms with E-state index in [4.69, 9.17) is 11.5 Å². The summed E-state index contributed by atoms with van der Waals surface area (Å²) in [6.45, 7) is 0. The van der Waals surface area contributed by atoms with Crippen molar-refractivity contribution in [1.29, 1.82) is 0 Å². The summed E-state index contributed by atoms with van der Waals surface area (Å²) in [5.74, 6) is -0.137. The highest BCUT2D eigenvalue weighted by Crippen LogP contribution is 2.56. The molecule has 130 valence electrons. The fraction of sp³-hybridized carbons (Fsp3) is 0.381. The molecular weight excluding hydrogens is 310 g/mol. The van der Waals surface area contributed by atoms with E-state index in [1.807, 2.05) is 36.4 Å². The van der Waals surface area contributed by atoms with Crippen LogP contribution < -0.4 is 16.8 Å². The van der Waals surface area contributed by atoms with Gasteiger partial charge < -0.3 is 16.8 Å². The first-order valence-electron chi connectivity index (χ1n) is 9.08. The molecule has 0 spiro atoms. The molecule has 1 saturated carbocycles. The Morgan fingerprint density at radius 2 is 1.80 bits per heavy atom. The molecule has 0 aromatic heterocycles. The predicted octanol–water partition coefficient (Wildman–Crippen LogP) is 3.00. The molecular formula is C21H25N3O. The predicted molar refractivity (Wildman–Crippen MR) is 99.9 cm³/mol. The number of carbonyl (C=O) groups excluding carboxylic acids is 1. The van der Waals surface area contributed by atoms with Crippen LogP contribution >= 0.6 is 0 Å². The summed E-state index contributed by atoms with van der Waals surface area (Å²) in [6.07, 6.45) is 3.64. The molecule has 1 aliphatic carbocycles. The van der Waals surface area contributed by atoms with E-state index in [9.17, 15) is 4.79 Å². The molecule has 1 heterocycles. The Balaban J connectivity index is 1.64. The monoisotopic (exact) mass is 335 g/mol. The Bertz CT molecular complexity index is 772. The molecule has 5 N–H and O–H groups in total. The molecule has 1 unspecified atom stereocenters. The smallest absolute Gasteiger partial charge is 0.226 e. The second-order valence-corrected chi connectivity index (χ2v) is 7.38. The van der Waals surface area contributed by atoms with E-state index < -0.39 is 5.41 Å². The molecule has 1 fully saturated rings. The van der Waals surface area contributed by atoms with Crippen LogP contribution in [-0.4, -0.2) is 11.9 Å². The number of hydrogen-bond donors (Lipinski definition) is 3. The highest BCUT2D eigenvalue weighted by atomic mass is 16.1. The summed E-state index contributed by atoms with van der Waals surface area (Å²) in [5, 5.41) is 3.60. The molecule has 4 rings (SSSR count). The van der Waals surface area contributed by atoms with Crippen molar-refractivity contribution in [3.05, 3.63) is 65.7 Å². The lowest BCUT2D eigenvalue weighted by Crippen LogP contribution is -2.62. The second kappa shape index (κ2) is 6.19. The summed E-state index contributed by atoms with van der Waals surface area (Å²) in [6, 6.07) is 18.2. The number of amides is 1. The molecule has 2 aliphatic rings. The minimum absolute atomic E-state index is 0.0495. The quantitative estimate of drug-likeness (QED) is 0.803. The van der Waals surface area contributed by atoms with E-state index in [1.165, 1.54) is 5.56 Å². The van der Waals surface area contributed by atoms with Gasteiger partial charge in [-0.05, 0) is 48.8 Å². The van der Waals surface area contributed by atoms with E-state index >= 15 is 0 Å². The Kier molecular flexibility index (Phi) is 4.00. The van der Waals surface area contributed by atoms with Crippen molar-refractivity contribution in [2.24, 2.45) is 22.8 Å². The Hall–Kier alpha value is -2.33. The van der Waals surface area contributed by atoms with Gasteiger partial charge in [-0.2, -0.15) is 0 Å². The molecule has 1 aliphatic heterocycles. The van der Waals surface area contributed by atoms with Gasteiger partial charge in [-0.1, -0.05) is 48.5 Å². The first kappa shape index (κ1) is 16.2. The zero-order valence-electron chi connectivity index (χ0n) is 14.3. The second-order valence-electron chi connectivity index (χ2n) is 7.38. The van der Waals surface area contributed by atoms with Gasteiger partial charge in [0.15, 0.2) is 0 Å². The number of primary amides is 1. The maximum absolute atomic E-state index is 12.6. The maximum Gasteiger partial charge on any atom is 0.226 e. The van der Waals surface area contributed by atoms with Crippen molar-refractivity contribution < 1.29 is 4.79 Å². The van der Waals surface area contributed by atoms with E-state index in [0.29, 0.717) is 0 Å². The summed E-state index contributed by atoms with van der Waals surface area (Å²) in [5.41, 5.74) is 15.5. The van der Waals surface area contributed by atoms with Crippen molar-refractivity contribution in [3.8, 4) is 0 Å². The van der Waals surface area contributed by atoms with Crippen molar-refractivity contribution in [3.63, 3.8) is 0 Å². The van der Waals surface area contributed by atoms with Crippen molar-refractivity contribution in [1.82, 2.24) is 0 Å². The number of rotatable bonds is 4. The normalized spacial score (nSPS) is 29.0. The van der Waals surface area contributed by atoms with Crippen LogP contribution in [0.3, 0.4) is 0 Å². The Morgan fingerprint density at radius 3 is 2.48 bits per heavy atom. The zero-order chi connectivity index (χ0) is 17.4. The standard InChI is InChI=1S/C21H25N3O/c22-19(15-7-2-1-3-8-15)16-12-13-21(16,20(23)25)18-11-10-14-6-4-5-9-17(14)24-18/h1-9,16,18-19,24H,10-13,22H2,(H2,23,25)/t16-,18-,19?,21-/m1/s1. The molecule has 25 heavy (non-hydrogen) atoms. The number of fused-ring (bicyclic) bond motifs is 1. The summed E-state index contributed by atoms with van der Waals surface area (Å²) in [7, 11) is 0. The van der Waals surface area contributed by atoms with Crippen molar-refractivity contribution in [2.45, 2.75) is 37.8 Å². The zero-order valence-corrected chi connectivity index (χ0v) is 14.3. The van der Waals surface area contributed by atoms with Gasteiger partial charge in [0.2, 0.25) is 5.91 Å². The molecule has 2 aromatic carbocycles. The van der Waals surface area contributed by atoms with E-state index in [1.54, 1.807) is 0 Å². The molecule has 0 radical (unpaired) electrons. The molecule has 4 heteroatoms. The molecule has 1 amide bonds. The molecule has 0 bridgehead atoms. The SMILES string of the molecule is NC(=O)[C@]1([C@H]2CCc3ccccc3N2)CC[C@@H]1C(N)c1ccccc1. The lowest BCUT2D eigenvalue weighted by atomic mass is 9.52. The van der Waals surface area contributed by atoms with Crippen LogP contribution in [0, 0.1) is 11.3 Å². The highest BCUT2D eigenvalue weighted by molar-refractivity contribution is 5.84. The van der Waals surface area contributed by atoms with E-state index in [-0.39, 0.29) is 23.9 Å². The van der Waals surface area contributed by atoms with Gasteiger partial charge in [-0.25, -0.2) is 0 Å². The number of nitrogens with two attached hydrogens (primary N) is 2. The molecule has 0 saturated heterocycles. The van der Waals surface area contributed by atoms with Crippen molar-refractivity contribution in [2.75, 3.05) is 5.32 Å². The fourth-order valence-electron chi connectivity index (χ4n) is 4.77. The third kappa shape index (κ3) is 2.52.